The third-order valence-electron chi connectivity index (χ3n) is 3.36. The Balaban J connectivity index is 1.86. The molecule has 0 saturated carbocycles. The fourth-order valence-corrected chi connectivity index (χ4v) is 2.24. The summed E-state index contributed by atoms with van der Waals surface area (Å²) < 4.78 is 5.55. The van der Waals surface area contributed by atoms with E-state index in [4.69, 9.17) is 10.2 Å². The number of hydrogen-bond acceptors (Lipinski definition) is 3. The average Bonchev–Trinajstić information content (AvgIpc) is 2.90. The predicted molar refractivity (Wildman–Crippen MR) is 84.4 cm³/mol. The molecule has 4 heteroatoms. The average molecular weight is 280 g/mol. The van der Waals surface area contributed by atoms with Crippen LogP contribution in [-0.4, -0.2) is 5.91 Å². The summed E-state index contributed by atoms with van der Waals surface area (Å²) in [5.41, 5.74) is 8.95. The standard InChI is InChI=1S/C17H16N2O2/c1-2-11-4-3-5-14(8-11)19-17(20)16-10-12-9-13(18)6-7-15(12)21-16/h3-10H,2,18H2,1H3,(H,19,20). The lowest BCUT2D eigenvalue weighted by molar-refractivity contribution is 0.0998. The van der Waals surface area contributed by atoms with Gasteiger partial charge in [-0.15, -0.1) is 0 Å². The molecule has 0 saturated heterocycles. The SMILES string of the molecule is CCc1cccc(NC(=O)c2cc3cc(N)ccc3o2)c1. The van der Waals surface area contributed by atoms with E-state index in [0.717, 1.165) is 17.5 Å². The molecule has 1 aromatic heterocycles. The van der Waals surface area contributed by atoms with Crippen LogP contribution in [0.3, 0.4) is 0 Å². The van der Waals surface area contributed by atoms with Gasteiger partial charge in [0.15, 0.2) is 5.76 Å². The summed E-state index contributed by atoms with van der Waals surface area (Å²) >= 11 is 0. The number of hydrogen-bond donors (Lipinski definition) is 2. The molecule has 1 heterocycles. The number of carbonyl (C=O) groups is 1. The Labute approximate surface area is 122 Å². The molecule has 0 atom stereocenters. The summed E-state index contributed by atoms with van der Waals surface area (Å²) in [6.07, 6.45) is 0.924. The lowest BCUT2D eigenvalue weighted by Crippen LogP contribution is -2.10. The molecule has 0 aliphatic carbocycles. The number of nitrogen functional groups attached to an aromatic ring is 1. The van der Waals surface area contributed by atoms with Crippen molar-refractivity contribution in [3.63, 3.8) is 0 Å². The molecule has 0 spiro atoms. The molecule has 3 rings (SSSR count). The van der Waals surface area contributed by atoms with E-state index in [0.29, 0.717) is 11.3 Å². The van der Waals surface area contributed by atoms with Crippen molar-refractivity contribution in [1.82, 2.24) is 0 Å². The van der Waals surface area contributed by atoms with Gasteiger partial charge in [-0.2, -0.15) is 0 Å². The molecule has 0 radical (unpaired) electrons. The number of amides is 1. The fourth-order valence-electron chi connectivity index (χ4n) is 2.24. The van der Waals surface area contributed by atoms with Crippen LogP contribution >= 0.6 is 0 Å². The molecule has 4 nitrogen and oxygen atoms in total. The first-order valence-electron chi connectivity index (χ1n) is 6.85. The van der Waals surface area contributed by atoms with Crippen LogP contribution in [0.15, 0.2) is 52.9 Å². The Morgan fingerprint density at radius 1 is 1.19 bits per heavy atom. The third-order valence-corrected chi connectivity index (χ3v) is 3.36. The van der Waals surface area contributed by atoms with Crippen molar-refractivity contribution in [2.45, 2.75) is 13.3 Å². The first-order chi connectivity index (χ1) is 10.2. The monoisotopic (exact) mass is 280 g/mol. The van der Waals surface area contributed by atoms with E-state index >= 15 is 0 Å². The molecule has 2 aromatic carbocycles. The van der Waals surface area contributed by atoms with Gasteiger partial charge in [0, 0.05) is 16.8 Å². The summed E-state index contributed by atoms with van der Waals surface area (Å²) in [5, 5.41) is 3.67. The number of fused-ring (bicyclic) bond motifs is 1. The van der Waals surface area contributed by atoms with Gasteiger partial charge in [-0.1, -0.05) is 19.1 Å². The van der Waals surface area contributed by atoms with Crippen molar-refractivity contribution in [2.24, 2.45) is 0 Å². The lowest BCUT2D eigenvalue weighted by Gasteiger charge is -2.04. The normalized spacial score (nSPS) is 10.7. The van der Waals surface area contributed by atoms with Gasteiger partial charge in [0.2, 0.25) is 0 Å². The second-order valence-corrected chi connectivity index (χ2v) is 4.92. The number of benzene rings is 2. The molecule has 21 heavy (non-hydrogen) atoms. The highest BCUT2D eigenvalue weighted by Gasteiger charge is 2.12. The van der Waals surface area contributed by atoms with Crippen molar-refractivity contribution in [3.05, 3.63) is 59.9 Å². The van der Waals surface area contributed by atoms with Gasteiger partial charge < -0.3 is 15.5 Å². The number of anilines is 2. The Morgan fingerprint density at radius 2 is 2.05 bits per heavy atom. The molecule has 0 aliphatic heterocycles. The maximum Gasteiger partial charge on any atom is 0.291 e. The number of nitrogens with two attached hydrogens (primary N) is 1. The van der Waals surface area contributed by atoms with Gasteiger partial charge >= 0.3 is 0 Å². The second-order valence-electron chi connectivity index (χ2n) is 4.92. The van der Waals surface area contributed by atoms with E-state index in [1.807, 2.05) is 24.3 Å². The second kappa shape index (κ2) is 5.32. The van der Waals surface area contributed by atoms with Crippen LogP contribution in [0.5, 0.6) is 0 Å². The van der Waals surface area contributed by atoms with Crippen molar-refractivity contribution < 1.29 is 9.21 Å². The largest absolute Gasteiger partial charge is 0.451 e. The maximum atomic E-state index is 12.2. The minimum Gasteiger partial charge on any atom is -0.451 e. The Bertz CT molecular complexity index is 805. The van der Waals surface area contributed by atoms with Crippen LogP contribution in [0.25, 0.3) is 11.0 Å². The number of carbonyl (C=O) groups excluding carboxylic acids is 1. The third kappa shape index (κ3) is 2.74. The van der Waals surface area contributed by atoms with E-state index in [9.17, 15) is 4.79 Å². The van der Waals surface area contributed by atoms with Crippen LogP contribution in [0.2, 0.25) is 0 Å². The van der Waals surface area contributed by atoms with E-state index in [1.54, 1.807) is 24.3 Å². The highest BCUT2D eigenvalue weighted by atomic mass is 16.3. The molecule has 1 amide bonds. The smallest absolute Gasteiger partial charge is 0.291 e. The van der Waals surface area contributed by atoms with Crippen LogP contribution in [-0.2, 0) is 6.42 Å². The fraction of sp³-hybridized carbons (Fsp3) is 0.118. The van der Waals surface area contributed by atoms with Crippen LogP contribution in [0, 0.1) is 0 Å². The number of furan rings is 1. The summed E-state index contributed by atoms with van der Waals surface area (Å²) in [7, 11) is 0. The molecule has 0 bridgehead atoms. The molecule has 0 unspecified atom stereocenters. The van der Waals surface area contributed by atoms with Crippen molar-refractivity contribution in [1.29, 1.82) is 0 Å². The zero-order chi connectivity index (χ0) is 14.8. The summed E-state index contributed by atoms with van der Waals surface area (Å²) in [4.78, 5) is 12.2. The molecule has 0 fully saturated rings. The van der Waals surface area contributed by atoms with E-state index in [2.05, 4.69) is 12.2 Å². The zero-order valence-corrected chi connectivity index (χ0v) is 11.7. The van der Waals surface area contributed by atoms with E-state index < -0.39 is 0 Å². The van der Waals surface area contributed by atoms with Gasteiger partial charge in [-0.05, 0) is 48.4 Å². The predicted octanol–water partition coefficient (Wildman–Crippen LogP) is 3.83. The summed E-state index contributed by atoms with van der Waals surface area (Å²) in [6.45, 7) is 2.07. The van der Waals surface area contributed by atoms with Crippen LogP contribution in [0.1, 0.15) is 23.0 Å². The maximum absolute atomic E-state index is 12.2. The molecule has 3 N–H and O–H groups in total. The highest BCUT2D eigenvalue weighted by Crippen LogP contribution is 2.22. The zero-order valence-electron chi connectivity index (χ0n) is 11.7. The molecule has 0 aliphatic rings. The van der Waals surface area contributed by atoms with Gasteiger partial charge in [0.1, 0.15) is 5.58 Å². The number of aryl methyl sites for hydroxylation is 1. The quantitative estimate of drug-likeness (QED) is 0.716. The van der Waals surface area contributed by atoms with Crippen molar-refractivity contribution >= 4 is 28.3 Å². The van der Waals surface area contributed by atoms with Crippen LogP contribution in [0.4, 0.5) is 11.4 Å². The van der Waals surface area contributed by atoms with Crippen molar-refractivity contribution in [2.75, 3.05) is 11.1 Å². The van der Waals surface area contributed by atoms with Crippen molar-refractivity contribution in [3.8, 4) is 0 Å². The first kappa shape index (κ1) is 13.2. The molecule has 3 aromatic rings. The highest BCUT2D eigenvalue weighted by molar-refractivity contribution is 6.04. The minimum atomic E-state index is -0.266. The van der Waals surface area contributed by atoms with E-state index in [-0.39, 0.29) is 11.7 Å². The first-order valence-corrected chi connectivity index (χ1v) is 6.85. The van der Waals surface area contributed by atoms with Gasteiger partial charge in [-0.3, -0.25) is 4.79 Å². The van der Waals surface area contributed by atoms with Gasteiger partial charge in [0.05, 0.1) is 0 Å². The molecular weight excluding hydrogens is 264 g/mol. The molecular formula is C17H16N2O2. The molecule has 106 valence electrons. The topological polar surface area (TPSA) is 68.3 Å². The van der Waals surface area contributed by atoms with E-state index in [1.165, 1.54) is 5.56 Å². The summed E-state index contributed by atoms with van der Waals surface area (Å²) in [5.74, 6) is 0.00975. The minimum absolute atomic E-state index is 0.266. The Kier molecular flexibility index (Phi) is 3.36. The summed E-state index contributed by atoms with van der Waals surface area (Å²) in [6, 6.07) is 14.8. The lowest BCUT2D eigenvalue weighted by atomic mass is 10.1. The van der Waals surface area contributed by atoms with Gasteiger partial charge in [-0.25, -0.2) is 0 Å². The van der Waals surface area contributed by atoms with Gasteiger partial charge in [0.25, 0.3) is 5.91 Å². The Morgan fingerprint density at radius 3 is 2.86 bits per heavy atom. The number of nitrogens with one attached hydrogen (secondary N) is 1. The Hall–Kier alpha value is -2.75. The van der Waals surface area contributed by atoms with Crippen LogP contribution < -0.4 is 11.1 Å². The number of rotatable bonds is 3.